The zero-order chi connectivity index (χ0) is 17.6. The summed E-state index contributed by atoms with van der Waals surface area (Å²) in [4.78, 5) is 15.1. The molecule has 2 aromatic carbocycles. The summed E-state index contributed by atoms with van der Waals surface area (Å²) in [6.45, 7) is 4.02. The van der Waals surface area contributed by atoms with Crippen LogP contribution in [0.5, 0.6) is 0 Å². The summed E-state index contributed by atoms with van der Waals surface area (Å²) in [7, 11) is 0. The first-order chi connectivity index (χ1) is 12.1. The average Bonchev–Trinajstić information content (AvgIpc) is 3.17. The molecule has 2 aromatic rings. The monoisotopic (exact) mass is 370 g/mol. The second-order valence-corrected chi connectivity index (χ2v) is 7.96. The second-order valence-electron chi connectivity index (χ2n) is 6.22. The van der Waals surface area contributed by atoms with Crippen molar-refractivity contribution in [2.24, 2.45) is 0 Å². The second kappa shape index (κ2) is 8.50. The first-order valence-electron chi connectivity index (χ1n) is 8.51. The molecular formula is C20H22N2OS2. The molecule has 130 valence electrons. The number of thiocarbonyl (C=S) groups is 1. The number of anilines is 1. The van der Waals surface area contributed by atoms with E-state index in [1.807, 2.05) is 61.5 Å². The lowest BCUT2D eigenvalue weighted by Gasteiger charge is -2.22. The number of rotatable bonds is 4. The summed E-state index contributed by atoms with van der Waals surface area (Å²) in [6.07, 6.45) is 2.35. The quantitative estimate of drug-likeness (QED) is 0.785. The predicted octanol–water partition coefficient (Wildman–Crippen LogP) is 4.79. The van der Waals surface area contributed by atoms with Gasteiger partial charge in [-0.2, -0.15) is 0 Å². The van der Waals surface area contributed by atoms with E-state index < -0.39 is 0 Å². The van der Waals surface area contributed by atoms with Crippen LogP contribution in [0, 0.1) is 6.92 Å². The van der Waals surface area contributed by atoms with Crippen molar-refractivity contribution < 1.29 is 4.79 Å². The highest BCUT2D eigenvalue weighted by Gasteiger charge is 2.26. The lowest BCUT2D eigenvalue weighted by atomic mass is 10.1. The van der Waals surface area contributed by atoms with Crippen molar-refractivity contribution in [3.05, 3.63) is 65.7 Å². The van der Waals surface area contributed by atoms with E-state index in [0.717, 1.165) is 28.7 Å². The van der Waals surface area contributed by atoms with Gasteiger partial charge in [0.1, 0.15) is 9.57 Å². The van der Waals surface area contributed by atoms with Crippen molar-refractivity contribution in [2.75, 3.05) is 18.4 Å². The molecule has 1 aliphatic heterocycles. The Morgan fingerprint density at radius 2 is 1.72 bits per heavy atom. The van der Waals surface area contributed by atoms with E-state index in [-0.39, 0.29) is 11.2 Å². The van der Waals surface area contributed by atoms with Gasteiger partial charge in [0, 0.05) is 18.8 Å². The van der Waals surface area contributed by atoms with Crippen molar-refractivity contribution in [3.8, 4) is 0 Å². The zero-order valence-electron chi connectivity index (χ0n) is 14.3. The van der Waals surface area contributed by atoms with Crippen LogP contribution in [-0.4, -0.2) is 28.2 Å². The van der Waals surface area contributed by atoms with Crippen LogP contribution in [0.2, 0.25) is 0 Å². The molecule has 1 saturated heterocycles. The number of hydrogen-bond donors (Lipinski definition) is 1. The van der Waals surface area contributed by atoms with E-state index in [1.54, 1.807) is 0 Å². The fraction of sp³-hybridized carbons (Fsp3) is 0.300. The molecule has 5 heteroatoms. The highest BCUT2D eigenvalue weighted by Crippen LogP contribution is 2.33. The molecule has 0 spiro atoms. The maximum Gasteiger partial charge on any atom is 0.242 e. The molecule has 0 aromatic heterocycles. The van der Waals surface area contributed by atoms with E-state index >= 15 is 0 Å². The van der Waals surface area contributed by atoms with E-state index in [2.05, 4.69) is 10.2 Å². The van der Waals surface area contributed by atoms with Crippen LogP contribution in [-0.2, 0) is 4.79 Å². The summed E-state index contributed by atoms with van der Waals surface area (Å²) in [5, 5.41) is 2.67. The van der Waals surface area contributed by atoms with Gasteiger partial charge in [-0.15, -0.1) is 0 Å². The molecule has 1 heterocycles. The minimum atomic E-state index is -0.351. The van der Waals surface area contributed by atoms with Gasteiger partial charge in [-0.3, -0.25) is 4.79 Å². The summed E-state index contributed by atoms with van der Waals surface area (Å²) in [5.74, 6) is -0.0402. The molecule has 1 fully saturated rings. The average molecular weight is 371 g/mol. The number of hydrogen-bond acceptors (Lipinski definition) is 3. The molecule has 1 atom stereocenters. The Balaban J connectivity index is 1.76. The number of benzene rings is 2. The van der Waals surface area contributed by atoms with Gasteiger partial charge in [0.05, 0.1) is 0 Å². The Hall–Kier alpha value is -1.85. The maximum absolute atomic E-state index is 12.9. The Kier molecular flexibility index (Phi) is 6.10. The summed E-state index contributed by atoms with van der Waals surface area (Å²) < 4.78 is 0.811. The molecular weight excluding hydrogens is 348 g/mol. The molecule has 0 bridgehead atoms. The maximum atomic E-state index is 12.9. The topological polar surface area (TPSA) is 32.3 Å². The molecule has 3 rings (SSSR count). The van der Waals surface area contributed by atoms with Gasteiger partial charge in [-0.25, -0.2) is 0 Å². The SMILES string of the molecule is Cc1ccc(NC(=O)[C@@H](SC(=S)N2CCCC2)c2ccccc2)cc1. The predicted molar refractivity (Wildman–Crippen MR) is 110 cm³/mol. The summed E-state index contributed by atoms with van der Waals surface area (Å²) in [6, 6.07) is 17.7. The van der Waals surface area contributed by atoms with E-state index in [4.69, 9.17) is 12.2 Å². The first-order valence-corrected chi connectivity index (χ1v) is 9.80. The van der Waals surface area contributed by atoms with Crippen molar-refractivity contribution in [1.82, 2.24) is 4.90 Å². The van der Waals surface area contributed by atoms with Crippen LogP contribution in [0.3, 0.4) is 0 Å². The number of nitrogens with zero attached hydrogens (tertiary/aromatic N) is 1. The Labute approximate surface area is 158 Å². The van der Waals surface area contributed by atoms with Crippen LogP contribution in [0.25, 0.3) is 0 Å². The highest BCUT2D eigenvalue weighted by molar-refractivity contribution is 8.23. The number of carbonyl (C=O) groups excluding carboxylic acids is 1. The smallest absolute Gasteiger partial charge is 0.242 e. The third kappa shape index (κ3) is 4.83. The zero-order valence-corrected chi connectivity index (χ0v) is 15.9. The molecule has 0 aliphatic carbocycles. The van der Waals surface area contributed by atoms with Crippen molar-refractivity contribution in [2.45, 2.75) is 25.0 Å². The van der Waals surface area contributed by atoms with Crippen LogP contribution in [0.15, 0.2) is 54.6 Å². The van der Waals surface area contributed by atoms with E-state index in [9.17, 15) is 4.79 Å². The molecule has 1 aliphatic rings. The fourth-order valence-electron chi connectivity index (χ4n) is 2.82. The first kappa shape index (κ1) is 18.0. The van der Waals surface area contributed by atoms with Gasteiger partial charge in [0.2, 0.25) is 5.91 Å². The van der Waals surface area contributed by atoms with Gasteiger partial charge in [-0.05, 0) is 37.5 Å². The molecule has 1 N–H and O–H groups in total. The van der Waals surface area contributed by atoms with E-state index in [0.29, 0.717) is 0 Å². The van der Waals surface area contributed by atoms with Gasteiger partial charge in [0.15, 0.2) is 0 Å². The Morgan fingerprint density at radius 3 is 2.36 bits per heavy atom. The van der Waals surface area contributed by atoms with Crippen LogP contribution in [0.1, 0.15) is 29.2 Å². The van der Waals surface area contributed by atoms with Gasteiger partial charge < -0.3 is 10.2 Å². The van der Waals surface area contributed by atoms with Crippen molar-refractivity contribution in [1.29, 1.82) is 0 Å². The standard InChI is InChI=1S/C20H22N2OS2/c1-15-9-11-17(12-10-15)21-19(23)18(16-7-3-2-4-8-16)25-20(24)22-13-5-6-14-22/h2-4,7-12,18H,5-6,13-14H2,1H3,(H,21,23)/t18-/m0/s1. The minimum absolute atomic E-state index is 0.0402. The van der Waals surface area contributed by atoms with Gasteiger partial charge in [-0.1, -0.05) is 72.0 Å². The van der Waals surface area contributed by atoms with E-state index in [1.165, 1.54) is 30.2 Å². The van der Waals surface area contributed by atoms with Crippen molar-refractivity contribution >= 4 is 39.9 Å². The number of likely N-dealkylation sites (tertiary alicyclic amines) is 1. The van der Waals surface area contributed by atoms with Crippen LogP contribution >= 0.6 is 24.0 Å². The number of aryl methyl sites for hydroxylation is 1. The molecule has 0 unspecified atom stereocenters. The van der Waals surface area contributed by atoms with Gasteiger partial charge >= 0.3 is 0 Å². The number of amides is 1. The number of carbonyl (C=O) groups is 1. The van der Waals surface area contributed by atoms with Crippen LogP contribution in [0.4, 0.5) is 5.69 Å². The molecule has 0 saturated carbocycles. The summed E-state index contributed by atoms with van der Waals surface area (Å²) in [5.41, 5.74) is 2.95. The third-order valence-corrected chi connectivity index (χ3v) is 5.97. The lowest BCUT2D eigenvalue weighted by molar-refractivity contribution is -0.115. The molecule has 0 radical (unpaired) electrons. The normalized spacial score (nSPS) is 15.0. The Bertz CT molecular complexity index is 725. The Morgan fingerprint density at radius 1 is 1.08 bits per heavy atom. The fourth-order valence-corrected chi connectivity index (χ4v) is 4.28. The van der Waals surface area contributed by atoms with Crippen molar-refractivity contribution in [3.63, 3.8) is 0 Å². The number of nitrogens with one attached hydrogen (secondary N) is 1. The molecule has 1 amide bonds. The highest BCUT2D eigenvalue weighted by atomic mass is 32.2. The summed E-state index contributed by atoms with van der Waals surface area (Å²) >= 11 is 7.07. The molecule has 25 heavy (non-hydrogen) atoms. The van der Waals surface area contributed by atoms with Crippen LogP contribution < -0.4 is 5.32 Å². The minimum Gasteiger partial charge on any atom is -0.357 e. The number of thioether (sulfide) groups is 1. The third-order valence-electron chi connectivity index (χ3n) is 4.24. The lowest BCUT2D eigenvalue weighted by Crippen LogP contribution is -2.27. The largest absolute Gasteiger partial charge is 0.357 e. The van der Waals surface area contributed by atoms with Gasteiger partial charge in [0.25, 0.3) is 0 Å². The molecule has 3 nitrogen and oxygen atoms in total.